The number of benzene rings is 3. The third-order valence-electron chi connectivity index (χ3n) is 6.88. The molecule has 4 nitrogen and oxygen atoms in total. The van der Waals surface area contributed by atoms with Crippen LogP contribution in [0.3, 0.4) is 0 Å². The first kappa shape index (κ1) is 19.4. The predicted molar refractivity (Wildman–Crippen MR) is 131 cm³/mol. The van der Waals surface area contributed by atoms with E-state index in [-0.39, 0.29) is 5.43 Å². The molecular weight excluding hydrogens is 398 g/mol. The van der Waals surface area contributed by atoms with Crippen molar-refractivity contribution in [3.63, 3.8) is 0 Å². The van der Waals surface area contributed by atoms with Crippen LogP contribution >= 0.6 is 0 Å². The van der Waals surface area contributed by atoms with Gasteiger partial charge in [-0.15, -0.1) is 0 Å². The lowest BCUT2D eigenvalue weighted by molar-refractivity contribution is 0.156. The second kappa shape index (κ2) is 6.86. The monoisotopic (exact) mass is 425 g/mol. The molecule has 4 aromatic rings. The maximum Gasteiger partial charge on any atom is 0.201 e. The van der Waals surface area contributed by atoms with Crippen LogP contribution in [0.4, 0.5) is 0 Å². The van der Waals surface area contributed by atoms with Crippen LogP contribution < -0.4 is 14.9 Å². The summed E-state index contributed by atoms with van der Waals surface area (Å²) < 4.78 is 15.0. The first-order chi connectivity index (χ1) is 15.4. The first-order valence-electron chi connectivity index (χ1n) is 11.5. The molecule has 3 heterocycles. The van der Waals surface area contributed by atoms with E-state index in [1.54, 1.807) is 0 Å². The fourth-order valence-corrected chi connectivity index (χ4v) is 5.26. The molecule has 6 rings (SSSR count). The average molecular weight is 426 g/mol. The van der Waals surface area contributed by atoms with Gasteiger partial charge in [-0.05, 0) is 74.6 Å². The minimum absolute atomic E-state index is 0.0386. The van der Waals surface area contributed by atoms with E-state index in [1.807, 2.05) is 25.2 Å². The molecule has 2 aliphatic heterocycles. The Balaban J connectivity index is 1.83. The number of ether oxygens (including phenoxy) is 2. The van der Waals surface area contributed by atoms with E-state index in [0.717, 1.165) is 75.5 Å². The first-order valence-corrected chi connectivity index (χ1v) is 11.5. The predicted octanol–water partition coefficient (Wildman–Crippen LogP) is 6.13. The second-order valence-corrected chi connectivity index (χ2v) is 9.58. The Kier molecular flexibility index (Phi) is 4.16. The Hall–Kier alpha value is -3.27. The van der Waals surface area contributed by atoms with Crippen molar-refractivity contribution in [2.75, 3.05) is 6.61 Å². The normalized spacial score (nSPS) is 17.3. The van der Waals surface area contributed by atoms with E-state index < -0.39 is 5.60 Å². The summed E-state index contributed by atoms with van der Waals surface area (Å²) in [6, 6.07) is 12.3. The van der Waals surface area contributed by atoms with E-state index >= 15 is 0 Å². The van der Waals surface area contributed by atoms with Gasteiger partial charge in [-0.1, -0.05) is 24.3 Å². The van der Waals surface area contributed by atoms with Crippen molar-refractivity contribution >= 4 is 38.7 Å². The summed E-state index contributed by atoms with van der Waals surface area (Å²) in [6.07, 6.45) is 8.26. The standard InChI is InChI=1S/C28H27NO3/c1-28(2)13-12-19-24-23(27-20(26(19)32-28)11-5-4-8-14-31-27)25(30)21-15-17-9-6-7-10-18(17)16-22(21)29(24)3/h6-7,9-10,12-13,15-16H,4-5,8,11,14H2,1-3H3. The number of aromatic nitrogens is 1. The zero-order valence-electron chi connectivity index (χ0n) is 18.8. The van der Waals surface area contributed by atoms with Crippen LogP contribution in [0.15, 0.2) is 47.3 Å². The van der Waals surface area contributed by atoms with E-state index in [9.17, 15) is 4.79 Å². The molecule has 4 heteroatoms. The Morgan fingerprint density at radius 2 is 1.78 bits per heavy atom. The van der Waals surface area contributed by atoms with Gasteiger partial charge < -0.3 is 14.0 Å². The molecule has 0 amide bonds. The average Bonchev–Trinajstić information content (AvgIpc) is 2.75. The number of rotatable bonds is 0. The van der Waals surface area contributed by atoms with Crippen LogP contribution in [-0.4, -0.2) is 16.8 Å². The quantitative estimate of drug-likeness (QED) is 0.318. The summed E-state index contributed by atoms with van der Waals surface area (Å²) in [5.74, 6) is 1.59. The zero-order valence-corrected chi connectivity index (χ0v) is 18.8. The lowest BCUT2D eigenvalue weighted by Crippen LogP contribution is -2.29. The molecule has 0 unspecified atom stereocenters. The molecule has 1 aromatic heterocycles. The molecule has 0 spiro atoms. The Morgan fingerprint density at radius 1 is 1.00 bits per heavy atom. The van der Waals surface area contributed by atoms with Gasteiger partial charge in [0.15, 0.2) is 0 Å². The van der Waals surface area contributed by atoms with Crippen LogP contribution in [0.5, 0.6) is 11.5 Å². The van der Waals surface area contributed by atoms with Gasteiger partial charge in [-0.3, -0.25) is 4.79 Å². The van der Waals surface area contributed by atoms with Crippen LogP contribution in [0.2, 0.25) is 0 Å². The SMILES string of the molecule is Cn1c2cc3ccccc3cc2c(=O)c2c3c(c4c(c21)C=CC(C)(C)O4)CCCCCO3. The molecule has 0 aliphatic carbocycles. The van der Waals surface area contributed by atoms with Gasteiger partial charge in [0, 0.05) is 23.6 Å². The highest BCUT2D eigenvalue weighted by Gasteiger charge is 2.31. The van der Waals surface area contributed by atoms with Gasteiger partial charge in [-0.2, -0.15) is 0 Å². The van der Waals surface area contributed by atoms with E-state index in [0.29, 0.717) is 12.0 Å². The topological polar surface area (TPSA) is 40.5 Å². The maximum absolute atomic E-state index is 14.0. The molecule has 162 valence electrons. The summed E-state index contributed by atoms with van der Waals surface area (Å²) in [4.78, 5) is 14.0. The molecule has 0 radical (unpaired) electrons. The smallest absolute Gasteiger partial charge is 0.201 e. The van der Waals surface area contributed by atoms with Gasteiger partial charge in [0.2, 0.25) is 5.43 Å². The van der Waals surface area contributed by atoms with Crippen molar-refractivity contribution in [2.24, 2.45) is 7.05 Å². The molecule has 32 heavy (non-hydrogen) atoms. The molecule has 3 aromatic carbocycles. The number of aryl methyl sites for hydroxylation is 1. The van der Waals surface area contributed by atoms with E-state index in [4.69, 9.17) is 9.47 Å². The Morgan fingerprint density at radius 3 is 2.59 bits per heavy atom. The maximum atomic E-state index is 14.0. The van der Waals surface area contributed by atoms with Crippen LogP contribution in [0, 0.1) is 0 Å². The van der Waals surface area contributed by atoms with Crippen molar-refractivity contribution in [2.45, 2.75) is 45.1 Å². The molecule has 0 fully saturated rings. The highest BCUT2D eigenvalue weighted by atomic mass is 16.5. The second-order valence-electron chi connectivity index (χ2n) is 9.58. The molecule has 0 N–H and O–H groups in total. The number of hydrogen-bond donors (Lipinski definition) is 0. The van der Waals surface area contributed by atoms with Gasteiger partial charge >= 0.3 is 0 Å². The van der Waals surface area contributed by atoms with Crippen LogP contribution in [0.25, 0.3) is 38.7 Å². The van der Waals surface area contributed by atoms with E-state index in [1.165, 1.54) is 0 Å². The molecule has 0 saturated carbocycles. The van der Waals surface area contributed by atoms with Gasteiger partial charge in [-0.25, -0.2) is 0 Å². The van der Waals surface area contributed by atoms with Gasteiger partial charge in [0.1, 0.15) is 17.1 Å². The van der Waals surface area contributed by atoms with Crippen LogP contribution in [0.1, 0.15) is 44.2 Å². The van der Waals surface area contributed by atoms with Gasteiger partial charge in [0.25, 0.3) is 0 Å². The van der Waals surface area contributed by atoms with Gasteiger partial charge in [0.05, 0.1) is 23.0 Å². The Bertz CT molecular complexity index is 1510. The summed E-state index contributed by atoms with van der Waals surface area (Å²) in [5, 5.41) is 3.60. The summed E-state index contributed by atoms with van der Waals surface area (Å²) >= 11 is 0. The van der Waals surface area contributed by atoms with Crippen molar-refractivity contribution in [3.8, 4) is 11.5 Å². The lowest BCUT2D eigenvalue weighted by Gasteiger charge is -2.32. The lowest BCUT2D eigenvalue weighted by atomic mass is 9.91. The third-order valence-corrected chi connectivity index (χ3v) is 6.88. The molecule has 0 bridgehead atoms. The fraction of sp³-hybridized carbons (Fsp3) is 0.321. The minimum Gasteiger partial charge on any atom is -0.492 e. The van der Waals surface area contributed by atoms with Crippen molar-refractivity contribution in [3.05, 3.63) is 63.8 Å². The number of nitrogens with zero attached hydrogens (tertiary/aromatic N) is 1. The third kappa shape index (κ3) is 2.78. The molecule has 0 saturated heterocycles. The number of fused-ring (bicyclic) bond motifs is 8. The summed E-state index contributed by atoms with van der Waals surface area (Å²) in [6.45, 7) is 4.76. The fourth-order valence-electron chi connectivity index (χ4n) is 5.26. The minimum atomic E-state index is -0.400. The highest BCUT2D eigenvalue weighted by molar-refractivity contribution is 6.06. The Labute approximate surface area is 187 Å². The van der Waals surface area contributed by atoms with Crippen molar-refractivity contribution < 1.29 is 9.47 Å². The summed E-state index contributed by atoms with van der Waals surface area (Å²) in [5.41, 5.74) is 3.48. The number of pyridine rings is 1. The highest BCUT2D eigenvalue weighted by Crippen LogP contribution is 2.46. The number of hydrogen-bond acceptors (Lipinski definition) is 3. The largest absolute Gasteiger partial charge is 0.492 e. The summed E-state index contributed by atoms with van der Waals surface area (Å²) in [7, 11) is 2.04. The molecule has 0 atom stereocenters. The molecular formula is C28H27NO3. The zero-order chi connectivity index (χ0) is 22.0. The van der Waals surface area contributed by atoms with Crippen molar-refractivity contribution in [1.29, 1.82) is 0 Å². The van der Waals surface area contributed by atoms with E-state index in [2.05, 4.69) is 48.8 Å². The molecule has 2 aliphatic rings. The van der Waals surface area contributed by atoms with Crippen molar-refractivity contribution in [1.82, 2.24) is 4.57 Å². The van der Waals surface area contributed by atoms with Crippen LogP contribution in [-0.2, 0) is 13.5 Å².